The number of hydrogen-bond donors (Lipinski definition) is 4. The lowest BCUT2D eigenvalue weighted by Gasteiger charge is -2.35. The van der Waals surface area contributed by atoms with E-state index in [9.17, 15) is 19.8 Å². The van der Waals surface area contributed by atoms with Crippen molar-refractivity contribution in [2.75, 3.05) is 33.4 Å². The number of hydrogen-bond acceptors (Lipinski definition) is 6. The Morgan fingerprint density at radius 1 is 1.44 bits per heavy atom. The molecule has 0 aromatic carbocycles. The summed E-state index contributed by atoms with van der Waals surface area (Å²) in [7, 11) is 1.56. The Labute approximate surface area is 146 Å². The van der Waals surface area contributed by atoms with Crippen LogP contribution in [-0.2, 0) is 9.53 Å². The first-order valence-electron chi connectivity index (χ1n) is 8.05. The molecule has 4 unspecified atom stereocenters. The second kappa shape index (κ2) is 8.28. The number of aliphatic hydroxyl groups is 2. The van der Waals surface area contributed by atoms with Crippen molar-refractivity contribution in [3.05, 3.63) is 12.7 Å². The van der Waals surface area contributed by atoms with Gasteiger partial charge in [-0.3, -0.25) is 15.1 Å². The first-order chi connectivity index (χ1) is 11.8. The molecule has 3 amide bonds. The summed E-state index contributed by atoms with van der Waals surface area (Å²) >= 11 is 0. The number of carbonyl (C=O) groups excluding carboxylic acids is 2. The van der Waals surface area contributed by atoms with Crippen molar-refractivity contribution in [3.63, 3.8) is 0 Å². The topological polar surface area (TPSA) is 127 Å². The van der Waals surface area contributed by atoms with Crippen molar-refractivity contribution in [1.29, 1.82) is 0 Å². The highest BCUT2D eigenvalue weighted by molar-refractivity contribution is 6.04. The zero-order valence-electron chi connectivity index (χ0n) is 14.4. The highest BCUT2D eigenvalue weighted by Gasteiger charge is 2.50. The maximum absolute atomic E-state index is 12.3. The second-order valence-corrected chi connectivity index (χ2v) is 6.08. The fourth-order valence-electron chi connectivity index (χ4n) is 2.71. The third-order valence-electron chi connectivity index (χ3n) is 3.88. The molecule has 10 heteroatoms. The monoisotopic (exact) mass is 355 g/mol. The Bertz CT molecular complexity index is 552. The summed E-state index contributed by atoms with van der Waals surface area (Å²) in [5.41, 5.74) is 0. The zero-order chi connectivity index (χ0) is 18.6. The molecule has 4 atom stereocenters. The molecule has 2 aliphatic heterocycles. The van der Waals surface area contributed by atoms with Crippen molar-refractivity contribution in [2.45, 2.75) is 31.3 Å². The van der Waals surface area contributed by atoms with Crippen LogP contribution in [0.1, 0.15) is 6.92 Å². The van der Waals surface area contributed by atoms with Gasteiger partial charge >= 0.3 is 6.03 Å². The van der Waals surface area contributed by atoms with Crippen LogP contribution in [0.3, 0.4) is 0 Å². The van der Waals surface area contributed by atoms with Crippen LogP contribution in [0.4, 0.5) is 4.79 Å². The van der Waals surface area contributed by atoms with Crippen LogP contribution in [0.25, 0.3) is 0 Å². The molecule has 2 rings (SSSR count). The van der Waals surface area contributed by atoms with Crippen molar-refractivity contribution in [3.8, 4) is 0 Å². The van der Waals surface area contributed by atoms with Gasteiger partial charge in [0.15, 0.2) is 12.0 Å². The van der Waals surface area contributed by atoms with Crippen LogP contribution >= 0.6 is 0 Å². The summed E-state index contributed by atoms with van der Waals surface area (Å²) in [6.07, 6.45) is -0.554. The van der Waals surface area contributed by atoms with Crippen LogP contribution in [0.5, 0.6) is 0 Å². The fourth-order valence-corrected chi connectivity index (χ4v) is 2.71. The highest BCUT2D eigenvalue weighted by Crippen LogP contribution is 2.21. The summed E-state index contributed by atoms with van der Waals surface area (Å²) in [4.78, 5) is 31.3. The Morgan fingerprint density at radius 2 is 2.16 bits per heavy atom. The van der Waals surface area contributed by atoms with Gasteiger partial charge in [-0.05, 0) is 6.92 Å². The quantitative estimate of drug-likeness (QED) is 0.295. The van der Waals surface area contributed by atoms with E-state index >= 15 is 0 Å². The van der Waals surface area contributed by atoms with E-state index in [0.717, 1.165) is 0 Å². The van der Waals surface area contributed by atoms with Crippen LogP contribution in [-0.4, -0.2) is 95.7 Å². The molecule has 0 saturated carbocycles. The molecule has 2 fully saturated rings. The number of rotatable bonds is 8. The molecular weight excluding hydrogens is 330 g/mol. The van der Waals surface area contributed by atoms with Gasteiger partial charge in [-0.2, -0.15) is 0 Å². The van der Waals surface area contributed by atoms with Crippen LogP contribution < -0.4 is 10.6 Å². The number of imide groups is 1. The lowest BCUT2D eigenvalue weighted by molar-refractivity contribution is -0.127. The summed E-state index contributed by atoms with van der Waals surface area (Å²) in [6, 6.07) is -1.24. The molecule has 0 aromatic rings. The maximum atomic E-state index is 12.3. The molecule has 2 heterocycles. The number of fused-ring (bicyclic) bond motifs is 1. The molecule has 0 aromatic heterocycles. The van der Waals surface area contributed by atoms with Gasteiger partial charge in [0, 0.05) is 13.6 Å². The molecular formula is C15H25N5O5. The second-order valence-electron chi connectivity index (χ2n) is 6.08. The van der Waals surface area contributed by atoms with Crippen molar-refractivity contribution in [1.82, 2.24) is 20.4 Å². The minimum atomic E-state index is -0.868. The molecule has 0 aliphatic carbocycles. The highest BCUT2D eigenvalue weighted by atomic mass is 16.5. The number of nitrogens with one attached hydrogen (secondary N) is 2. The lowest BCUT2D eigenvalue weighted by Crippen LogP contribution is -2.65. The summed E-state index contributed by atoms with van der Waals surface area (Å²) in [6.45, 7) is 5.71. The van der Waals surface area contributed by atoms with E-state index in [-0.39, 0.29) is 19.7 Å². The third kappa shape index (κ3) is 4.47. The van der Waals surface area contributed by atoms with Crippen LogP contribution in [0.15, 0.2) is 17.6 Å². The minimum Gasteiger partial charge on any atom is -0.391 e. The number of likely N-dealkylation sites (N-methyl/N-ethyl adjacent to an activating group) is 1. The van der Waals surface area contributed by atoms with Gasteiger partial charge in [0.1, 0.15) is 6.17 Å². The molecule has 4 N–H and O–H groups in total. The number of aliphatic hydroxyl groups excluding tert-OH is 2. The Morgan fingerprint density at radius 3 is 2.80 bits per heavy atom. The van der Waals surface area contributed by atoms with Gasteiger partial charge < -0.3 is 30.1 Å². The van der Waals surface area contributed by atoms with E-state index < -0.39 is 36.4 Å². The number of urea groups is 1. The number of aliphatic imine (C=N–C) groups is 1. The van der Waals surface area contributed by atoms with E-state index in [2.05, 4.69) is 22.2 Å². The molecule has 2 aliphatic rings. The average molecular weight is 355 g/mol. The van der Waals surface area contributed by atoms with Gasteiger partial charge in [0.25, 0.3) is 5.91 Å². The van der Waals surface area contributed by atoms with Gasteiger partial charge in [0.2, 0.25) is 0 Å². The molecule has 140 valence electrons. The Kier molecular flexibility index (Phi) is 6.34. The predicted octanol–water partition coefficient (Wildman–Crippen LogP) is -1.93. The van der Waals surface area contributed by atoms with Crippen molar-refractivity contribution < 1.29 is 24.5 Å². The number of guanidine groups is 1. The normalized spacial score (nSPS) is 27.0. The molecule has 10 nitrogen and oxygen atoms in total. The molecule has 0 spiro atoms. The van der Waals surface area contributed by atoms with Crippen LogP contribution in [0.2, 0.25) is 0 Å². The number of nitrogens with zero attached hydrogens (tertiary/aromatic N) is 3. The zero-order valence-corrected chi connectivity index (χ0v) is 14.4. The smallest absolute Gasteiger partial charge is 0.325 e. The van der Waals surface area contributed by atoms with E-state index in [1.807, 2.05) is 0 Å². The standard InChI is InChI=1S/C15H25N5O5/c1-4-5-25-8-10(22)7-20-11-12(17-14(20)16-6-9(2)21)19(3)15(24)18-13(11)23/h4,9-12,21-22H,1,5-8H2,2-3H3,(H,16,17)(H,18,23,24). The third-order valence-corrected chi connectivity index (χ3v) is 3.88. The lowest BCUT2D eigenvalue weighted by atomic mass is 10.1. The summed E-state index contributed by atoms with van der Waals surface area (Å²) in [5.74, 6) is -0.127. The van der Waals surface area contributed by atoms with Crippen LogP contribution in [0, 0.1) is 0 Å². The van der Waals surface area contributed by atoms with E-state index in [1.165, 1.54) is 4.90 Å². The Balaban J connectivity index is 2.17. The average Bonchev–Trinajstić information content (AvgIpc) is 2.90. The summed E-state index contributed by atoms with van der Waals surface area (Å²) in [5, 5.41) is 24.9. The molecule has 0 radical (unpaired) electrons. The maximum Gasteiger partial charge on any atom is 0.325 e. The summed E-state index contributed by atoms with van der Waals surface area (Å²) < 4.78 is 5.23. The van der Waals surface area contributed by atoms with E-state index in [1.54, 1.807) is 24.9 Å². The van der Waals surface area contributed by atoms with E-state index in [4.69, 9.17) is 4.74 Å². The molecule has 25 heavy (non-hydrogen) atoms. The Hall–Kier alpha value is -2.17. The van der Waals surface area contributed by atoms with Crippen molar-refractivity contribution in [2.24, 2.45) is 4.99 Å². The fraction of sp³-hybridized carbons (Fsp3) is 0.667. The first-order valence-corrected chi connectivity index (χ1v) is 8.05. The largest absolute Gasteiger partial charge is 0.391 e. The molecule has 0 bridgehead atoms. The minimum absolute atomic E-state index is 0.0694. The van der Waals surface area contributed by atoms with Gasteiger partial charge in [-0.1, -0.05) is 6.08 Å². The predicted molar refractivity (Wildman–Crippen MR) is 89.7 cm³/mol. The number of carbonyl (C=O) groups is 2. The SMILES string of the molecule is C=CCOCC(O)CN1C(=NCC(C)O)NC2C1C(=O)NC(=O)N2C. The number of ether oxygens (including phenoxy) is 1. The number of amides is 3. The van der Waals surface area contributed by atoms with E-state index in [0.29, 0.717) is 12.6 Å². The van der Waals surface area contributed by atoms with Crippen molar-refractivity contribution >= 4 is 17.9 Å². The van der Waals surface area contributed by atoms with Gasteiger partial charge in [-0.15, -0.1) is 6.58 Å². The molecule has 2 saturated heterocycles. The van der Waals surface area contributed by atoms with Gasteiger partial charge in [0.05, 0.1) is 32.0 Å². The first kappa shape index (κ1) is 19.2. The van der Waals surface area contributed by atoms with Gasteiger partial charge in [-0.25, -0.2) is 4.79 Å². The number of β-amino-alcohol motifs (C(OH)–C–C–N with tert-alkyl or cyclic N) is 1.